The smallest absolute Gasteiger partial charge is 0.462 e. The number of carbonyl (C=O) groups is 4. The Labute approximate surface area is 311 Å². The van der Waals surface area contributed by atoms with Gasteiger partial charge in [0.15, 0.2) is 5.79 Å². The number of Topliss-reactive ketones (excluding diaryl/α,β-unsaturated/α-hetero) is 1. The van der Waals surface area contributed by atoms with Gasteiger partial charge in [0.2, 0.25) is 0 Å². The number of hydrogen-bond acceptors (Lipinski definition) is 12. The maximum absolute atomic E-state index is 14.3. The molecule has 1 saturated heterocycles. The van der Waals surface area contributed by atoms with Crippen LogP contribution in [0.25, 0.3) is 0 Å². The molecule has 298 valence electrons. The Morgan fingerprint density at radius 3 is 1.72 bits per heavy atom. The maximum atomic E-state index is 14.3. The van der Waals surface area contributed by atoms with Crippen LogP contribution in [0, 0.1) is 64.1 Å². The predicted molar refractivity (Wildman–Crippen MR) is 176 cm³/mol. The van der Waals surface area contributed by atoms with Crippen molar-refractivity contribution in [1.29, 1.82) is 0 Å². The third-order valence-corrected chi connectivity index (χ3v) is 16.9. The molecule has 0 aromatic rings. The molecule has 16 heteroatoms. The third kappa shape index (κ3) is 5.20. The lowest BCUT2D eigenvalue weighted by Gasteiger charge is -2.62. The van der Waals surface area contributed by atoms with Crippen molar-refractivity contribution in [2.45, 2.75) is 131 Å². The van der Waals surface area contributed by atoms with Crippen LogP contribution >= 0.6 is 0 Å². The zero-order chi connectivity index (χ0) is 37.8. The molecule has 0 radical (unpaired) electrons. The van der Waals surface area contributed by atoms with Crippen molar-refractivity contribution in [3.63, 3.8) is 0 Å². The molecule has 13 fully saturated rings. The van der Waals surface area contributed by atoms with Crippen LogP contribution in [0.4, 0.5) is 8.78 Å². The molecule has 8 atom stereocenters. The Morgan fingerprint density at radius 2 is 1.20 bits per heavy atom. The SMILES string of the molecule is O=C1C2CC3CC1CC(C(=O)OCC1OC4(OC1COC(=O)C15CC6CC(C1)C(O)C(C6)C5)C1CC5CC4CC(OC(=O)C(F)(F)S(=O)(=O)O)(C5)C1)(C3)C2. The summed E-state index contributed by atoms with van der Waals surface area (Å²) in [4.78, 5) is 53.2. The zero-order valence-corrected chi connectivity index (χ0v) is 30.8. The van der Waals surface area contributed by atoms with Gasteiger partial charge in [0.1, 0.15) is 36.8 Å². The maximum Gasteiger partial charge on any atom is 0.465 e. The van der Waals surface area contributed by atoms with Crippen LogP contribution in [0.2, 0.25) is 0 Å². The number of ketones is 1. The largest absolute Gasteiger partial charge is 0.465 e. The molecular weight excluding hydrogens is 734 g/mol. The Hall–Kier alpha value is -2.27. The second-order valence-corrected chi connectivity index (χ2v) is 20.9. The summed E-state index contributed by atoms with van der Waals surface area (Å²) in [7, 11) is -6.05. The second-order valence-electron chi connectivity index (χ2n) is 19.4. The summed E-state index contributed by atoms with van der Waals surface area (Å²) in [6.07, 6.45) is 6.31. The summed E-state index contributed by atoms with van der Waals surface area (Å²) in [6.45, 7) is -0.367. The number of alkyl halides is 2. The molecule has 0 aromatic carbocycles. The standard InChI is InChI=1S/C38H48F2O13S/c39-38(40,54(46,47)48)33(45)53-36-9-20-5-25(14-36)37(26(6-20)15-36)51-27(16-49-31(43)34-7-18-1-21(10-34)29(41)22(2-18)11-34)28(52-37)17-50-32(44)35-8-19-3-23(12-35)30(42)24(4-19)13-35/h18-29,41H,1-17H2,(H,46,47,48). The lowest BCUT2D eigenvalue weighted by atomic mass is 9.48. The molecule has 0 aromatic heterocycles. The molecule has 12 aliphatic carbocycles. The van der Waals surface area contributed by atoms with Gasteiger partial charge in [-0.1, -0.05) is 0 Å². The topological polar surface area (TPSA) is 189 Å². The predicted octanol–water partition coefficient (Wildman–Crippen LogP) is 3.74. The van der Waals surface area contributed by atoms with Gasteiger partial charge in [-0.2, -0.15) is 17.2 Å². The quantitative estimate of drug-likeness (QED) is 0.196. The van der Waals surface area contributed by atoms with Crippen molar-refractivity contribution in [2.24, 2.45) is 64.1 Å². The van der Waals surface area contributed by atoms with E-state index in [1.54, 1.807) is 0 Å². The summed E-state index contributed by atoms with van der Waals surface area (Å²) in [5.74, 6) is -4.46. The summed E-state index contributed by atoms with van der Waals surface area (Å²) in [5, 5.41) is 5.65. The van der Waals surface area contributed by atoms with Crippen LogP contribution < -0.4 is 0 Å². The Kier molecular flexibility index (Phi) is 7.79. The van der Waals surface area contributed by atoms with Crippen LogP contribution in [-0.4, -0.2) is 89.9 Å². The van der Waals surface area contributed by atoms with Crippen molar-refractivity contribution >= 4 is 33.8 Å². The fourth-order valence-electron chi connectivity index (χ4n) is 14.5. The number of halogens is 2. The van der Waals surface area contributed by atoms with Gasteiger partial charge in [-0.15, -0.1) is 0 Å². The van der Waals surface area contributed by atoms with Crippen LogP contribution in [-0.2, 0) is 53.0 Å². The molecule has 54 heavy (non-hydrogen) atoms. The lowest BCUT2D eigenvalue weighted by Crippen LogP contribution is -2.66. The highest BCUT2D eigenvalue weighted by atomic mass is 32.2. The van der Waals surface area contributed by atoms with Crippen molar-refractivity contribution in [2.75, 3.05) is 13.2 Å². The second kappa shape index (κ2) is 11.7. The first-order valence-corrected chi connectivity index (χ1v) is 21.4. The van der Waals surface area contributed by atoms with E-state index in [9.17, 15) is 41.5 Å². The Bertz CT molecular complexity index is 1730. The van der Waals surface area contributed by atoms with Gasteiger partial charge < -0.3 is 28.8 Å². The van der Waals surface area contributed by atoms with E-state index in [2.05, 4.69) is 0 Å². The first-order valence-electron chi connectivity index (χ1n) is 19.9. The monoisotopic (exact) mass is 782 g/mol. The van der Waals surface area contributed by atoms with Crippen molar-refractivity contribution in [1.82, 2.24) is 0 Å². The van der Waals surface area contributed by atoms with Gasteiger partial charge in [0.25, 0.3) is 0 Å². The molecule has 12 bridgehead atoms. The molecular formula is C38H48F2O13S. The number of hydrogen-bond donors (Lipinski definition) is 2. The fourth-order valence-corrected chi connectivity index (χ4v) is 14.8. The van der Waals surface area contributed by atoms with E-state index in [1.807, 2.05) is 0 Å². The molecule has 8 unspecified atom stereocenters. The summed E-state index contributed by atoms with van der Waals surface area (Å²) >= 11 is 0. The first kappa shape index (κ1) is 36.1. The van der Waals surface area contributed by atoms with Gasteiger partial charge in [0, 0.05) is 23.7 Å². The average molecular weight is 783 g/mol. The lowest BCUT2D eigenvalue weighted by molar-refractivity contribution is -0.326. The van der Waals surface area contributed by atoms with Crippen LogP contribution in [0.1, 0.15) is 96.3 Å². The van der Waals surface area contributed by atoms with Gasteiger partial charge in [-0.05, 0) is 126 Å². The third-order valence-electron chi connectivity index (χ3n) is 16.1. The normalized spacial score (nSPS) is 50.6. The van der Waals surface area contributed by atoms with E-state index in [-0.39, 0.29) is 79.8 Å². The highest BCUT2D eigenvalue weighted by Gasteiger charge is 2.70. The number of aliphatic hydroxyl groups excluding tert-OH is 1. The van der Waals surface area contributed by atoms with E-state index < -0.39 is 73.7 Å². The Morgan fingerprint density at radius 1 is 0.722 bits per heavy atom. The summed E-state index contributed by atoms with van der Waals surface area (Å²) in [5.41, 5.74) is -2.81. The summed E-state index contributed by atoms with van der Waals surface area (Å²) in [6, 6.07) is 0. The number of rotatable bonds is 9. The average Bonchev–Trinajstić information content (AvgIpc) is 3.47. The minimum Gasteiger partial charge on any atom is -0.462 e. The van der Waals surface area contributed by atoms with Gasteiger partial charge in [-0.3, -0.25) is 18.9 Å². The Balaban J connectivity index is 0.882. The van der Waals surface area contributed by atoms with Crippen molar-refractivity contribution < 1.29 is 69.7 Å². The van der Waals surface area contributed by atoms with Crippen LogP contribution in [0.5, 0.6) is 0 Å². The van der Waals surface area contributed by atoms with E-state index in [0.717, 1.165) is 32.1 Å². The van der Waals surface area contributed by atoms with Gasteiger partial charge in [-0.25, -0.2) is 4.79 Å². The number of ether oxygens (including phenoxy) is 5. The van der Waals surface area contributed by atoms with E-state index in [1.165, 1.54) is 0 Å². The fraction of sp³-hybridized carbons (Fsp3) is 0.895. The molecule has 1 spiro atoms. The number of carbonyl (C=O) groups excluding carboxylic acids is 4. The van der Waals surface area contributed by atoms with Crippen LogP contribution in [0.15, 0.2) is 0 Å². The molecule has 0 amide bonds. The summed E-state index contributed by atoms with van der Waals surface area (Å²) < 4.78 is 91.4. The molecule has 12 saturated carbocycles. The molecule has 2 N–H and O–H groups in total. The highest BCUT2D eigenvalue weighted by molar-refractivity contribution is 7.87. The minimum absolute atomic E-state index is 0.0449. The van der Waals surface area contributed by atoms with Gasteiger partial charge in [0.05, 0.1) is 16.9 Å². The molecule has 13 nitrogen and oxygen atoms in total. The molecule has 1 aliphatic heterocycles. The van der Waals surface area contributed by atoms with E-state index in [0.29, 0.717) is 56.8 Å². The minimum atomic E-state index is -6.05. The molecule has 13 aliphatic rings. The van der Waals surface area contributed by atoms with Gasteiger partial charge >= 0.3 is 33.3 Å². The highest BCUT2D eigenvalue weighted by Crippen LogP contribution is 2.66. The number of aliphatic hydroxyl groups is 1. The van der Waals surface area contributed by atoms with E-state index >= 15 is 0 Å². The van der Waals surface area contributed by atoms with Crippen LogP contribution in [0.3, 0.4) is 0 Å². The zero-order valence-electron chi connectivity index (χ0n) is 30.0. The first-order chi connectivity index (χ1) is 25.4. The van der Waals surface area contributed by atoms with Crippen molar-refractivity contribution in [3.8, 4) is 0 Å². The number of esters is 3. The van der Waals surface area contributed by atoms with Crippen molar-refractivity contribution in [3.05, 3.63) is 0 Å². The molecule has 13 rings (SSSR count). The molecule has 1 heterocycles. The van der Waals surface area contributed by atoms with E-state index in [4.69, 9.17) is 28.2 Å².